The van der Waals surface area contributed by atoms with Gasteiger partial charge in [-0.2, -0.15) is 5.10 Å². The predicted octanol–water partition coefficient (Wildman–Crippen LogP) is 3.17. The Bertz CT molecular complexity index is 997. The summed E-state index contributed by atoms with van der Waals surface area (Å²) in [7, 11) is 4.71. The molecule has 1 aromatic carbocycles. The lowest BCUT2D eigenvalue weighted by atomic mass is 9.81. The third-order valence-electron chi connectivity index (χ3n) is 5.38. The Labute approximate surface area is 169 Å². The van der Waals surface area contributed by atoms with Gasteiger partial charge in [0.25, 0.3) is 0 Å². The number of nitrogens with one attached hydrogen (secondary N) is 1. The van der Waals surface area contributed by atoms with Crippen LogP contribution in [0.5, 0.6) is 17.2 Å². The lowest BCUT2D eigenvalue weighted by Crippen LogP contribution is -2.21. The van der Waals surface area contributed by atoms with Gasteiger partial charge in [0.2, 0.25) is 5.75 Å². The van der Waals surface area contributed by atoms with Gasteiger partial charge >= 0.3 is 5.97 Å². The molecule has 4 rings (SSSR count). The highest BCUT2D eigenvalue weighted by atomic mass is 16.5. The zero-order valence-electron chi connectivity index (χ0n) is 17.5. The summed E-state index contributed by atoms with van der Waals surface area (Å²) in [4.78, 5) is 12.7. The molecule has 8 nitrogen and oxygen atoms in total. The molecule has 1 N–H and O–H groups in total. The Kier molecular flexibility index (Phi) is 4.64. The number of fused-ring (bicyclic) bond motifs is 1. The number of aryl methyl sites for hydroxylation is 1. The maximum Gasteiger partial charge on any atom is 0.337 e. The van der Waals surface area contributed by atoms with Gasteiger partial charge in [0.05, 0.1) is 38.3 Å². The van der Waals surface area contributed by atoms with E-state index in [1.807, 2.05) is 23.7 Å². The number of anilines is 1. The fourth-order valence-electron chi connectivity index (χ4n) is 4.10. The standard InChI is InChI=1S/C21H25N3O5/c1-10(2)24-20-16(11(3)23-24)17(18-13(22-20)9-29-21(18)25)12-7-14(26-4)19(28-6)15(8-12)27-5/h7-8,10,17,22H,9H2,1-6H3. The quantitative estimate of drug-likeness (QED) is 0.773. The van der Waals surface area contributed by atoms with Crippen LogP contribution in [0.1, 0.15) is 42.6 Å². The van der Waals surface area contributed by atoms with Crippen LogP contribution >= 0.6 is 0 Å². The van der Waals surface area contributed by atoms with Gasteiger partial charge in [-0.1, -0.05) is 0 Å². The number of esters is 1. The van der Waals surface area contributed by atoms with Crippen molar-refractivity contribution < 1.29 is 23.7 Å². The third kappa shape index (κ3) is 2.82. The van der Waals surface area contributed by atoms with E-state index in [1.54, 1.807) is 21.3 Å². The predicted molar refractivity (Wildman–Crippen MR) is 107 cm³/mol. The van der Waals surface area contributed by atoms with E-state index >= 15 is 0 Å². The number of ether oxygens (including phenoxy) is 4. The molecule has 0 saturated heterocycles. The second-order valence-electron chi connectivity index (χ2n) is 7.37. The molecule has 0 spiro atoms. The molecule has 0 fully saturated rings. The zero-order valence-corrected chi connectivity index (χ0v) is 17.5. The Morgan fingerprint density at radius 2 is 1.83 bits per heavy atom. The summed E-state index contributed by atoms with van der Waals surface area (Å²) >= 11 is 0. The van der Waals surface area contributed by atoms with Gasteiger partial charge in [0.15, 0.2) is 11.5 Å². The number of cyclic esters (lactones) is 1. The lowest BCUT2D eigenvalue weighted by molar-refractivity contribution is -0.136. The molecule has 0 radical (unpaired) electrons. The second-order valence-corrected chi connectivity index (χ2v) is 7.37. The SMILES string of the molecule is COc1cc(C2C3=C(COC3=O)Nc3c2c(C)nn3C(C)C)cc(OC)c1OC. The van der Waals surface area contributed by atoms with E-state index in [2.05, 4.69) is 19.2 Å². The summed E-state index contributed by atoms with van der Waals surface area (Å²) < 4.78 is 23.8. The summed E-state index contributed by atoms with van der Waals surface area (Å²) in [6.07, 6.45) is 0. The molecule has 1 unspecified atom stereocenters. The zero-order chi connectivity index (χ0) is 20.9. The van der Waals surface area contributed by atoms with Crippen molar-refractivity contribution in [1.29, 1.82) is 0 Å². The van der Waals surface area contributed by atoms with Gasteiger partial charge in [-0.15, -0.1) is 0 Å². The molecule has 1 atom stereocenters. The highest BCUT2D eigenvalue weighted by Gasteiger charge is 2.42. The Balaban J connectivity index is 1.99. The number of rotatable bonds is 5. The van der Waals surface area contributed by atoms with Crippen molar-refractivity contribution in [2.45, 2.75) is 32.7 Å². The molecule has 0 aliphatic carbocycles. The first-order valence-electron chi connectivity index (χ1n) is 9.47. The molecule has 0 saturated carbocycles. The van der Waals surface area contributed by atoms with Gasteiger partial charge in [0.1, 0.15) is 12.4 Å². The van der Waals surface area contributed by atoms with Gasteiger partial charge < -0.3 is 24.3 Å². The highest BCUT2D eigenvalue weighted by Crippen LogP contribution is 2.49. The largest absolute Gasteiger partial charge is 0.493 e. The number of nitrogens with zero attached hydrogens (tertiary/aromatic N) is 2. The fourth-order valence-corrected chi connectivity index (χ4v) is 4.10. The van der Waals surface area contributed by atoms with Crippen LogP contribution in [0.25, 0.3) is 0 Å². The molecule has 8 heteroatoms. The van der Waals surface area contributed by atoms with E-state index in [0.717, 1.165) is 28.3 Å². The van der Waals surface area contributed by atoms with E-state index < -0.39 is 0 Å². The van der Waals surface area contributed by atoms with Crippen LogP contribution in [0.15, 0.2) is 23.4 Å². The molecule has 2 aliphatic rings. The van der Waals surface area contributed by atoms with E-state index in [1.165, 1.54) is 0 Å². The first-order chi connectivity index (χ1) is 13.9. The number of carbonyl (C=O) groups is 1. The monoisotopic (exact) mass is 399 g/mol. The second kappa shape index (κ2) is 7.02. The van der Waals surface area contributed by atoms with Crippen molar-refractivity contribution >= 4 is 11.8 Å². The van der Waals surface area contributed by atoms with Crippen molar-refractivity contribution in [3.05, 3.63) is 40.2 Å². The molecule has 2 aliphatic heterocycles. The Morgan fingerprint density at radius 3 is 2.38 bits per heavy atom. The number of aromatic nitrogens is 2. The van der Waals surface area contributed by atoms with E-state index in [-0.39, 0.29) is 24.5 Å². The van der Waals surface area contributed by atoms with Crippen LogP contribution in [-0.4, -0.2) is 43.7 Å². The Morgan fingerprint density at radius 1 is 1.17 bits per heavy atom. The van der Waals surface area contributed by atoms with Crippen molar-refractivity contribution in [3.8, 4) is 17.2 Å². The molecule has 3 heterocycles. The number of methoxy groups -OCH3 is 3. The minimum atomic E-state index is -0.350. The average Bonchev–Trinajstić information content (AvgIpc) is 3.25. The number of benzene rings is 1. The van der Waals surface area contributed by atoms with Gasteiger partial charge in [-0.3, -0.25) is 0 Å². The van der Waals surface area contributed by atoms with E-state index in [4.69, 9.17) is 24.0 Å². The van der Waals surface area contributed by atoms with Crippen LogP contribution in [-0.2, 0) is 9.53 Å². The van der Waals surface area contributed by atoms with Crippen LogP contribution in [0.3, 0.4) is 0 Å². The van der Waals surface area contributed by atoms with Gasteiger partial charge in [-0.25, -0.2) is 9.48 Å². The molecule has 1 aromatic heterocycles. The Hall–Kier alpha value is -3.16. The molecule has 0 bridgehead atoms. The van der Waals surface area contributed by atoms with Crippen molar-refractivity contribution in [3.63, 3.8) is 0 Å². The first-order valence-corrected chi connectivity index (χ1v) is 9.47. The van der Waals surface area contributed by atoms with Crippen molar-refractivity contribution in [1.82, 2.24) is 9.78 Å². The molecule has 0 amide bonds. The van der Waals surface area contributed by atoms with Crippen LogP contribution in [0, 0.1) is 6.92 Å². The van der Waals surface area contributed by atoms with Crippen LogP contribution in [0.2, 0.25) is 0 Å². The minimum Gasteiger partial charge on any atom is -0.493 e. The average molecular weight is 399 g/mol. The minimum absolute atomic E-state index is 0.158. The molecule has 2 aromatic rings. The van der Waals surface area contributed by atoms with Crippen molar-refractivity contribution in [2.75, 3.05) is 33.3 Å². The molecule has 29 heavy (non-hydrogen) atoms. The maximum atomic E-state index is 12.7. The summed E-state index contributed by atoms with van der Waals surface area (Å²) in [6.45, 7) is 6.32. The number of hydrogen-bond donors (Lipinski definition) is 1. The normalized spacial score (nSPS) is 17.6. The summed E-state index contributed by atoms with van der Waals surface area (Å²) in [5.74, 6) is 1.78. The molecular formula is C21H25N3O5. The molecule has 154 valence electrons. The number of carbonyl (C=O) groups excluding carboxylic acids is 1. The highest BCUT2D eigenvalue weighted by molar-refractivity contribution is 5.97. The van der Waals surface area contributed by atoms with Crippen molar-refractivity contribution in [2.24, 2.45) is 0 Å². The topological polar surface area (TPSA) is 83.8 Å². The fraction of sp³-hybridized carbons (Fsp3) is 0.429. The van der Waals surface area contributed by atoms with Gasteiger partial charge in [0, 0.05) is 17.5 Å². The van der Waals surface area contributed by atoms with Gasteiger partial charge in [-0.05, 0) is 38.5 Å². The van der Waals surface area contributed by atoms with E-state index in [0.29, 0.717) is 22.8 Å². The lowest BCUT2D eigenvalue weighted by Gasteiger charge is -2.27. The molecular weight excluding hydrogens is 374 g/mol. The van der Waals surface area contributed by atoms with Crippen LogP contribution < -0.4 is 19.5 Å². The first kappa shape index (κ1) is 19.2. The number of hydrogen-bond acceptors (Lipinski definition) is 7. The summed E-state index contributed by atoms with van der Waals surface area (Å²) in [5, 5.41) is 8.11. The maximum absolute atomic E-state index is 12.7. The van der Waals surface area contributed by atoms with Crippen LogP contribution in [0.4, 0.5) is 5.82 Å². The summed E-state index contributed by atoms with van der Waals surface area (Å²) in [5.41, 5.74) is 4.01. The summed E-state index contributed by atoms with van der Waals surface area (Å²) in [6, 6.07) is 3.92. The third-order valence-corrected chi connectivity index (χ3v) is 5.38. The van der Waals surface area contributed by atoms with E-state index in [9.17, 15) is 4.79 Å². The smallest absolute Gasteiger partial charge is 0.337 e.